The van der Waals surface area contributed by atoms with Gasteiger partial charge in [-0.25, -0.2) is 4.57 Å². The molecule has 3 rings (SSSR count). The van der Waals surface area contributed by atoms with Crippen LogP contribution in [0.5, 0.6) is 0 Å². The first-order chi connectivity index (χ1) is 11.9. The van der Waals surface area contributed by atoms with E-state index in [0.29, 0.717) is 11.8 Å². The summed E-state index contributed by atoms with van der Waals surface area (Å²) in [6.07, 6.45) is 4.35. The minimum atomic E-state index is 0.479. The fraction of sp³-hybridized carbons (Fsp3) is 0.348. The summed E-state index contributed by atoms with van der Waals surface area (Å²) < 4.78 is 4.58. The van der Waals surface area contributed by atoms with Gasteiger partial charge in [0.05, 0.1) is 12.6 Å². The zero-order chi connectivity index (χ0) is 18.1. The number of hydrogen-bond acceptors (Lipinski definition) is 0. The van der Waals surface area contributed by atoms with Gasteiger partial charge in [0.25, 0.3) is 5.82 Å². The van der Waals surface area contributed by atoms with E-state index in [-0.39, 0.29) is 0 Å². The lowest BCUT2D eigenvalue weighted by Gasteiger charge is -2.17. The lowest BCUT2D eigenvalue weighted by molar-refractivity contribution is -0.659. The van der Waals surface area contributed by atoms with E-state index >= 15 is 0 Å². The average molecular weight is 333 g/mol. The second-order valence-electron chi connectivity index (χ2n) is 7.56. The Balaban J connectivity index is 2.30. The van der Waals surface area contributed by atoms with Crippen molar-refractivity contribution in [3.63, 3.8) is 0 Å². The van der Waals surface area contributed by atoms with Crippen LogP contribution in [0.25, 0.3) is 17.1 Å². The fourth-order valence-electron chi connectivity index (χ4n) is 3.49. The van der Waals surface area contributed by atoms with Gasteiger partial charge >= 0.3 is 0 Å². The Hall–Kier alpha value is -2.35. The second kappa shape index (κ2) is 6.87. The van der Waals surface area contributed by atoms with Gasteiger partial charge in [-0.05, 0) is 30.9 Å². The summed E-state index contributed by atoms with van der Waals surface area (Å²) in [5, 5.41) is 0. The normalized spacial score (nSPS) is 11.5. The minimum absolute atomic E-state index is 0.479. The van der Waals surface area contributed by atoms with Crippen LogP contribution in [0.2, 0.25) is 0 Å². The first kappa shape index (κ1) is 17.5. The summed E-state index contributed by atoms with van der Waals surface area (Å²) in [6.45, 7) is 11.2. The van der Waals surface area contributed by atoms with Crippen molar-refractivity contribution in [2.75, 3.05) is 0 Å². The molecule has 0 saturated carbocycles. The predicted molar refractivity (Wildman–Crippen MR) is 105 cm³/mol. The third kappa shape index (κ3) is 3.26. The van der Waals surface area contributed by atoms with Gasteiger partial charge in [-0.15, -0.1) is 0 Å². The van der Waals surface area contributed by atoms with E-state index in [2.05, 4.69) is 106 Å². The second-order valence-corrected chi connectivity index (χ2v) is 7.56. The third-order valence-corrected chi connectivity index (χ3v) is 4.89. The molecule has 0 fully saturated rings. The van der Waals surface area contributed by atoms with E-state index in [1.165, 1.54) is 33.8 Å². The maximum atomic E-state index is 2.37. The molecule has 0 aliphatic carbocycles. The standard InChI is InChI=1S/C23H29N2/c1-16(2)20-8-7-9-21(17(3)4)22(20)25-15-14-24(6)23(25)19-12-10-18(5)11-13-19/h7-17H,1-6H3/q+1. The molecule has 0 bridgehead atoms. The largest absolute Gasteiger partial charge is 0.293 e. The van der Waals surface area contributed by atoms with E-state index in [1.807, 2.05) is 0 Å². The van der Waals surface area contributed by atoms with E-state index < -0.39 is 0 Å². The number of benzene rings is 2. The molecule has 0 aliphatic rings. The molecule has 0 spiro atoms. The van der Waals surface area contributed by atoms with Gasteiger partial charge < -0.3 is 0 Å². The maximum absolute atomic E-state index is 2.37. The molecule has 0 N–H and O–H groups in total. The van der Waals surface area contributed by atoms with Crippen LogP contribution in [-0.2, 0) is 7.05 Å². The Morgan fingerprint density at radius 2 is 1.40 bits per heavy atom. The topological polar surface area (TPSA) is 8.81 Å². The number of hydrogen-bond donors (Lipinski definition) is 0. The lowest BCUT2D eigenvalue weighted by atomic mass is 9.92. The summed E-state index contributed by atoms with van der Waals surface area (Å²) in [4.78, 5) is 0. The molecular weight excluding hydrogens is 304 g/mol. The molecule has 3 aromatic rings. The Morgan fingerprint density at radius 1 is 0.840 bits per heavy atom. The van der Waals surface area contributed by atoms with Gasteiger partial charge in [-0.2, -0.15) is 4.57 Å². The van der Waals surface area contributed by atoms with Crippen LogP contribution in [0.4, 0.5) is 0 Å². The summed E-state index contributed by atoms with van der Waals surface area (Å²) in [6, 6.07) is 15.5. The van der Waals surface area contributed by atoms with Gasteiger partial charge in [-0.1, -0.05) is 63.6 Å². The van der Waals surface area contributed by atoms with Gasteiger partial charge in [-0.3, -0.25) is 0 Å². The van der Waals surface area contributed by atoms with Gasteiger partial charge in [0.2, 0.25) is 0 Å². The predicted octanol–water partition coefficient (Wildman–Crippen LogP) is 5.52. The van der Waals surface area contributed by atoms with Crippen molar-refractivity contribution in [2.24, 2.45) is 7.05 Å². The third-order valence-electron chi connectivity index (χ3n) is 4.89. The van der Waals surface area contributed by atoms with E-state index in [1.54, 1.807) is 0 Å². The number of nitrogens with zero attached hydrogens (tertiary/aromatic N) is 2. The van der Waals surface area contributed by atoms with E-state index in [4.69, 9.17) is 0 Å². The molecule has 2 nitrogen and oxygen atoms in total. The Morgan fingerprint density at radius 3 is 1.92 bits per heavy atom. The maximum Gasteiger partial charge on any atom is 0.293 e. The molecule has 0 unspecified atom stereocenters. The van der Waals surface area contributed by atoms with Crippen molar-refractivity contribution in [2.45, 2.75) is 46.5 Å². The Kier molecular flexibility index (Phi) is 4.80. The smallest absolute Gasteiger partial charge is 0.232 e. The van der Waals surface area contributed by atoms with Gasteiger partial charge in [0, 0.05) is 11.1 Å². The van der Waals surface area contributed by atoms with Crippen LogP contribution in [0, 0.1) is 6.92 Å². The van der Waals surface area contributed by atoms with Gasteiger partial charge in [0.15, 0.2) is 0 Å². The van der Waals surface area contributed by atoms with Crippen molar-refractivity contribution in [1.29, 1.82) is 0 Å². The summed E-state index contributed by atoms with van der Waals surface area (Å²) >= 11 is 0. The lowest BCUT2D eigenvalue weighted by Crippen LogP contribution is -2.29. The fourth-order valence-corrected chi connectivity index (χ4v) is 3.49. The molecule has 0 radical (unpaired) electrons. The number of rotatable bonds is 4. The van der Waals surface area contributed by atoms with Crippen molar-refractivity contribution < 1.29 is 4.57 Å². The van der Waals surface area contributed by atoms with E-state index in [9.17, 15) is 0 Å². The molecule has 1 aromatic heterocycles. The highest BCUT2D eigenvalue weighted by molar-refractivity contribution is 5.60. The van der Waals surface area contributed by atoms with Crippen molar-refractivity contribution in [3.05, 3.63) is 71.5 Å². The highest BCUT2D eigenvalue weighted by Crippen LogP contribution is 2.33. The molecule has 0 amide bonds. The highest BCUT2D eigenvalue weighted by atomic mass is 15.1. The van der Waals surface area contributed by atoms with Crippen LogP contribution in [-0.4, -0.2) is 4.57 Å². The quantitative estimate of drug-likeness (QED) is 0.556. The van der Waals surface area contributed by atoms with Crippen molar-refractivity contribution in [3.8, 4) is 17.1 Å². The number of aromatic nitrogens is 2. The molecule has 0 aliphatic heterocycles. The van der Waals surface area contributed by atoms with Gasteiger partial charge in [0.1, 0.15) is 18.1 Å². The number of para-hydroxylation sites is 1. The molecule has 0 saturated heterocycles. The van der Waals surface area contributed by atoms with Crippen LogP contribution in [0.15, 0.2) is 54.9 Å². The molecule has 0 atom stereocenters. The summed E-state index contributed by atoms with van der Waals surface area (Å²) in [5.41, 5.74) is 6.66. The zero-order valence-corrected chi connectivity index (χ0v) is 16.2. The molecule has 2 heteroatoms. The minimum Gasteiger partial charge on any atom is -0.232 e. The average Bonchev–Trinajstić information content (AvgIpc) is 2.96. The van der Waals surface area contributed by atoms with Crippen LogP contribution < -0.4 is 4.57 Å². The molecule has 130 valence electrons. The first-order valence-corrected chi connectivity index (χ1v) is 9.17. The number of imidazole rings is 1. The monoisotopic (exact) mass is 333 g/mol. The molecular formula is C23H29N2+. The van der Waals surface area contributed by atoms with Crippen LogP contribution in [0.3, 0.4) is 0 Å². The molecule has 1 heterocycles. The van der Waals surface area contributed by atoms with Crippen molar-refractivity contribution in [1.82, 2.24) is 4.57 Å². The highest BCUT2D eigenvalue weighted by Gasteiger charge is 2.25. The molecule has 2 aromatic carbocycles. The number of aryl methyl sites for hydroxylation is 2. The summed E-state index contributed by atoms with van der Waals surface area (Å²) in [5.74, 6) is 2.18. The summed E-state index contributed by atoms with van der Waals surface area (Å²) in [7, 11) is 2.12. The van der Waals surface area contributed by atoms with Crippen molar-refractivity contribution >= 4 is 0 Å². The van der Waals surface area contributed by atoms with Crippen LogP contribution >= 0.6 is 0 Å². The Labute approximate surface area is 151 Å². The van der Waals surface area contributed by atoms with E-state index in [0.717, 1.165) is 0 Å². The molecule has 25 heavy (non-hydrogen) atoms. The van der Waals surface area contributed by atoms with Crippen LogP contribution in [0.1, 0.15) is 56.2 Å². The Bertz CT molecular complexity index is 841. The SMILES string of the molecule is Cc1ccc(-c2n(-c3c(C(C)C)cccc3C(C)C)cc[n+]2C)cc1. The zero-order valence-electron chi connectivity index (χ0n) is 16.2. The first-order valence-electron chi connectivity index (χ1n) is 9.17.